The van der Waals surface area contributed by atoms with Gasteiger partial charge in [0.1, 0.15) is 0 Å². The smallest absolute Gasteiger partial charge is 0.196 e. The van der Waals surface area contributed by atoms with E-state index in [2.05, 4.69) is 15.9 Å². The molecule has 20 heavy (non-hydrogen) atoms. The standard InChI is InChI=1S/C14H6BrClF4/c15-11-5-9-10(6-12(11)16)14(19,20)8-4-2-1-3-7(8)13(9,17)18/h1-6H. The molecular formula is C14H6BrClF4. The van der Waals surface area contributed by atoms with Crippen LogP contribution in [0.1, 0.15) is 22.3 Å². The molecule has 6 heteroatoms. The molecule has 1 aliphatic rings. The third-order valence-corrected chi connectivity index (χ3v) is 4.54. The van der Waals surface area contributed by atoms with Crippen molar-refractivity contribution in [2.24, 2.45) is 0 Å². The number of fused-ring (bicyclic) bond motifs is 2. The van der Waals surface area contributed by atoms with E-state index in [4.69, 9.17) is 11.6 Å². The van der Waals surface area contributed by atoms with Gasteiger partial charge >= 0.3 is 0 Å². The molecule has 0 aliphatic heterocycles. The van der Waals surface area contributed by atoms with Gasteiger partial charge in [-0.15, -0.1) is 0 Å². The molecule has 0 fully saturated rings. The van der Waals surface area contributed by atoms with Crippen molar-refractivity contribution < 1.29 is 17.6 Å². The maximum absolute atomic E-state index is 14.4. The van der Waals surface area contributed by atoms with Crippen molar-refractivity contribution in [2.75, 3.05) is 0 Å². The fourth-order valence-corrected chi connectivity index (χ4v) is 2.89. The van der Waals surface area contributed by atoms with Crippen LogP contribution in [0.3, 0.4) is 0 Å². The van der Waals surface area contributed by atoms with E-state index in [1.165, 1.54) is 12.1 Å². The predicted octanol–water partition coefficient (Wildman–Crippen LogP) is 5.70. The fourth-order valence-electron chi connectivity index (χ4n) is 2.39. The molecule has 1 aliphatic carbocycles. The summed E-state index contributed by atoms with van der Waals surface area (Å²) in [6.07, 6.45) is 0. The summed E-state index contributed by atoms with van der Waals surface area (Å²) in [4.78, 5) is 0. The van der Waals surface area contributed by atoms with Gasteiger partial charge in [0.15, 0.2) is 0 Å². The minimum atomic E-state index is -3.50. The molecule has 0 nitrogen and oxygen atoms in total. The Hall–Kier alpha value is -1.07. The van der Waals surface area contributed by atoms with Crippen molar-refractivity contribution in [1.29, 1.82) is 0 Å². The molecule has 2 aromatic carbocycles. The summed E-state index contributed by atoms with van der Waals surface area (Å²) < 4.78 is 57.9. The highest BCUT2D eigenvalue weighted by Gasteiger charge is 2.53. The topological polar surface area (TPSA) is 0 Å². The molecule has 0 spiro atoms. The largest absolute Gasteiger partial charge is 0.299 e. The Labute approximate surface area is 125 Å². The first-order chi connectivity index (χ1) is 9.26. The first kappa shape index (κ1) is 13.9. The Balaban J connectivity index is 2.42. The first-order valence-electron chi connectivity index (χ1n) is 5.62. The van der Waals surface area contributed by atoms with Crippen LogP contribution in [-0.4, -0.2) is 0 Å². The van der Waals surface area contributed by atoms with Gasteiger partial charge in [-0.1, -0.05) is 35.9 Å². The summed E-state index contributed by atoms with van der Waals surface area (Å²) >= 11 is 8.76. The third kappa shape index (κ3) is 1.72. The van der Waals surface area contributed by atoms with Gasteiger partial charge in [-0.2, -0.15) is 17.6 Å². The molecule has 0 radical (unpaired) electrons. The van der Waals surface area contributed by atoms with Crippen LogP contribution in [0.5, 0.6) is 0 Å². The Morgan fingerprint density at radius 1 is 0.800 bits per heavy atom. The summed E-state index contributed by atoms with van der Waals surface area (Å²) in [6.45, 7) is 0. The maximum Gasteiger partial charge on any atom is 0.299 e. The van der Waals surface area contributed by atoms with E-state index in [9.17, 15) is 17.6 Å². The van der Waals surface area contributed by atoms with Crippen molar-refractivity contribution in [3.8, 4) is 0 Å². The second-order valence-corrected chi connectivity index (χ2v) is 5.77. The van der Waals surface area contributed by atoms with Crippen LogP contribution < -0.4 is 0 Å². The molecule has 0 amide bonds. The summed E-state index contributed by atoms with van der Waals surface area (Å²) in [5, 5.41) is -0.0291. The van der Waals surface area contributed by atoms with E-state index in [0.717, 1.165) is 24.3 Å². The molecule has 0 saturated carbocycles. The fraction of sp³-hybridized carbons (Fsp3) is 0.143. The van der Waals surface area contributed by atoms with Crippen LogP contribution in [0.2, 0.25) is 5.02 Å². The van der Waals surface area contributed by atoms with Crippen molar-refractivity contribution in [3.05, 3.63) is 68.1 Å². The minimum Gasteiger partial charge on any atom is -0.196 e. The highest BCUT2D eigenvalue weighted by atomic mass is 79.9. The van der Waals surface area contributed by atoms with E-state index >= 15 is 0 Å². The number of alkyl halides is 4. The van der Waals surface area contributed by atoms with Gasteiger partial charge in [0.05, 0.1) is 5.02 Å². The lowest BCUT2D eigenvalue weighted by Crippen LogP contribution is -2.33. The van der Waals surface area contributed by atoms with Crippen molar-refractivity contribution in [3.63, 3.8) is 0 Å². The van der Waals surface area contributed by atoms with E-state index < -0.39 is 34.1 Å². The summed E-state index contributed by atoms with van der Waals surface area (Å²) in [7, 11) is 0. The minimum absolute atomic E-state index is 0.0291. The van der Waals surface area contributed by atoms with Gasteiger partial charge in [-0.25, -0.2) is 0 Å². The Kier molecular flexibility index (Phi) is 2.93. The van der Waals surface area contributed by atoms with Gasteiger partial charge < -0.3 is 0 Å². The summed E-state index contributed by atoms with van der Waals surface area (Å²) in [5.41, 5.74) is -2.84. The number of hydrogen-bond acceptors (Lipinski definition) is 0. The monoisotopic (exact) mass is 364 g/mol. The summed E-state index contributed by atoms with van der Waals surface area (Å²) in [6, 6.07) is 6.52. The Bertz CT molecular complexity index is 652. The zero-order chi connectivity index (χ0) is 14.7. The summed E-state index contributed by atoms with van der Waals surface area (Å²) in [5.74, 6) is -6.99. The number of hydrogen-bond donors (Lipinski definition) is 0. The van der Waals surface area contributed by atoms with Crippen LogP contribution in [0, 0.1) is 0 Å². The van der Waals surface area contributed by atoms with Gasteiger partial charge in [-0.05, 0) is 28.1 Å². The Morgan fingerprint density at radius 2 is 1.25 bits per heavy atom. The number of halogens is 6. The normalized spacial score (nSPS) is 18.3. The highest BCUT2D eigenvalue weighted by Crippen LogP contribution is 2.54. The average molecular weight is 366 g/mol. The molecule has 0 aromatic heterocycles. The molecule has 2 aromatic rings. The number of rotatable bonds is 0. The third-order valence-electron chi connectivity index (χ3n) is 3.34. The van der Waals surface area contributed by atoms with Crippen molar-refractivity contribution in [2.45, 2.75) is 11.8 Å². The molecule has 0 heterocycles. The lowest BCUT2D eigenvalue weighted by atomic mass is 9.80. The zero-order valence-corrected chi connectivity index (χ0v) is 12.1. The highest BCUT2D eigenvalue weighted by molar-refractivity contribution is 9.10. The lowest BCUT2D eigenvalue weighted by Gasteiger charge is -2.33. The van der Waals surface area contributed by atoms with E-state index in [1.54, 1.807) is 0 Å². The second kappa shape index (κ2) is 4.21. The van der Waals surface area contributed by atoms with Crippen molar-refractivity contribution in [1.82, 2.24) is 0 Å². The van der Waals surface area contributed by atoms with E-state index in [1.807, 2.05) is 0 Å². The van der Waals surface area contributed by atoms with Crippen LogP contribution in [0.15, 0.2) is 40.9 Å². The Morgan fingerprint density at radius 3 is 1.75 bits per heavy atom. The van der Waals surface area contributed by atoms with Crippen LogP contribution in [0.4, 0.5) is 17.6 Å². The molecule has 0 saturated heterocycles. The maximum atomic E-state index is 14.4. The molecule has 0 bridgehead atoms. The van der Waals surface area contributed by atoms with Crippen LogP contribution >= 0.6 is 27.5 Å². The zero-order valence-electron chi connectivity index (χ0n) is 9.73. The SMILES string of the molecule is FC1(F)c2ccccc2C(F)(F)c2cc(Br)c(Cl)cc21. The van der Waals surface area contributed by atoms with E-state index in [0.29, 0.717) is 0 Å². The van der Waals surface area contributed by atoms with E-state index in [-0.39, 0.29) is 9.50 Å². The molecule has 0 unspecified atom stereocenters. The van der Waals surface area contributed by atoms with Crippen molar-refractivity contribution >= 4 is 27.5 Å². The average Bonchev–Trinajstić information content (AvgIpc) is 2.40. The quantitative estimate of drug-likeness (QED) is 0.526. The molecule has 0 N–H and O–H groups in total. The van der Waals surface area contributed by atoms with Crippen LogP contribution in [-0.2, 0) is 11.8 Å². The molecule has 104 valence electrons. The first-order valence-corrected chi connectivity index (χ1v) is 6.79. The van der Waals surface area contributed by atoms with Gasteiger partial charge in [0.2, 0.25) is 0 Å². The van der Waals surface area contributed by atoms with Gasteiger partial charge in [-0.3, -0.25) is 0 Å². The molecule has 0 atom stereocenters. The second-order valence-electron chi connectivity index (χ2n) is 4.51. The predicted molar refractivity (Wildman–Crippen MR) is 71.6 cm³/mol. The number of benzene rings is 2. The molecular weight excluding hydrogens is 360 g/mol. The molecule has 3 rings (SSSR count). The van der Waals surface area contributed by atoms with Crippen LogP contribution in [0.25, 0.3) is 0 Å². The van der Waals surface area contributed by atoms with Gasteiger partial charge in [0.25, 0.3) is 11.8 Å². The lowest BCUT2D eigenvalue weighted by molar-refractivity contribution is -0.0115. The van der Waals surface area contributed by atoms with Gasteiger partial charge in [0, 0.05) is 26.7 Å².